The maximum Gasteiger partial charge on any atom is 0.322 e. The molecular weight excluding hydrogens is 218 g/mol. The Labute approximate surface area is 98.5 Å². The van der Waals surface area contributed by atoms with Crippen molar-refractivity contribution in [1.29, 1.82) is 0 Å². The lowest BCUT2D eigenvalue weighted by Crippen LogP contribution is -2.13. The summed E-state index contributed by atoms with van der Waals surface area (Å²) in [6.07, 6.45) is 0. The number of aliphatic carboxylic acids is 1. The third kappa shape index (κ3) is 2.44. The van der Waals surface area contributed by atoms with E-state index in [0.29, 0.717) is 0 Å². The number of aromatic amines is 1. The van der Waals surface area contributed by atoms with E-state index >= 15 is 0 Å². The van der Waals surface area contributed by atoms with Crippen LogP contribution in [0, 0.1) is 6.92 Å². The zero-order valence-electron chi connectivity index (χ0n) is 9.40. The second-order valence-corrected chi connectivity index (χ2v) is 3.69. The monoisotopic (exact) mass is 231 g/mol. The molecule has 0 spiro atoms. The normalized spacial score (nSPS) is 10.2. The number of hydrogen-bond acceptors (Lipinski definition) is 3. The molecule has 2 rings (SSSR count). The Morgan fingerprint density at radius 1 is 1.41 bits per heavy atom. The van der Waals surface area contributed by atoms with E-state index in [1.54, 1.807) is 0 Å². The van der Waals surface area contributed by atoms with Gasteiger partial charge in [0.25, 0.3) is 0 Å². The van der Waals surface area contributed by atoms with Gasteiger partial charge in [-0.15, -0.1) is 0 Å². The number of carboxylic acids is 1. The van der Waals surface area contributed by atoms with E-state index in [1.165, 1.54) is 0 Å². The van der Waals surface area contributed by atoms with Crippen molar-refractivity contribution >= 4 is 11.7 Å². The van der Waals surface area contributed by atoms with Crippen molar-refractivity contribution in [2.45, 2.75) is 6.92 Å². The van der Waals surface area contributed by atoms with Gasteiger partial charge in [-0.25, -0.2) is 0 Å². The fraction of sp³-hybridized carbons (Fsp3) is 0.167. The van der Waals surface area contributed by atoms with Crippen LogP contribution >= 0.6 is 0 Å². The minimum absolute atomic E-state index is 0.125. The first-order valence-electron chi connectivity index (χ1n) is 5.24. The van der Waals surface area contributed by atoms with E-state index in [1.807, 2.05) is 37.3 Å². The van der Waals surface area contributed by atoms with Gasteiger partial charge in [0.1, 0.15) is 12.2 Å². The highest BCUT2D eigenvalue weighted by atomic mass is 16.4. The number of carboxylic acid groups (broad SMARTS) is 1. The lowest BCUT2D eigenvalue weighted by atomic mass is 10.1. The van der Waals surface area contributed by atoms with Gasteiger partial charge in [-0.2, -0.15) is 5.10 Å². The topological polar surface area (TPSA) is 78.0 Å². The van der Waals surface area contributed by atoms with Crippen LogP contribution in [0.15, 0.2) is 30.3 Å². The predicted octanol–water partition coefficient (Wildman–Crippen LogP) is 1.88. The van der Waals surface area contributed by atoms with Gasteiger partial charge in [0, 0.05) is 5.56 Å². The average molecular weight is 231 g/mol. The van der Waals surface area contributed by atoms with Gasteiger partial charge in [0.2, 0.25) is 0 Å². The molecule has 1 heterocycles. The molecule has 5 heteroatoms. The SMILES string of the molecule is Cc1[nH]nc(-c2ccccc2)c1NCC(=O)O. The zero-order chi connectivity index (χ0) is 12.3. The van der Waals surface area contributed by atoms with Crippen molar-refractivity contribution in [1.82, 2.24) is 10.2 Å². The van der Waals surface area contributed by atoms with Gasteiger partial charge in [0.05, 0.1) is 11.4 Å². The minimum Gasteiger partial charge on any atom is -0.480 e. The lowest BCUT2D eigenvalue weighted by molar-refractivity contribution is -0.134. The van der Waals surface area contributed by atoms with E-state index in [9.17, 15) is 4.79 Å². The van der Waals surface area contributed by atoms with Crippen molar-refractivity contribution < 1.29 is 9.90 Å². The van der Waals surface area contributed by atoms with E-state index in [2.05, 4.69) is 15.5 Å². The molecule has 0 bridgehead atoms. The van der Waals surface area contributed by atoms with Crippen LogP contribution in [-0.2, 0) is 4.79 Å². The van der Waals surface area contributed by atoms with Gasteiger partial charge in [-0.1, -0.05) is 30.3 Å². The molecule has 2 aromatic rings. The van der Waals surface area contributed by atoms with Crippen LogP contribution in [0.3, 0.4) is 0 Å². The maximum absolute atomic E-state index is 10.6. The van der Waals surface area contributed by atoms with Crippen LogP contribution in [0.4, 0.5) is 5.69 Å². The van der Waals surface area contributed by atoms with Crippen molar-refractivity contribution in [3.63, 3.8) is 0 Å². The Kier molecular flexibility index (Phi) is 3.09. The van der Waals surface area contributed by atoms with Crippen molar-refractivity contribution in [2.75, 3.05) is 11.9 Å². The number of carbonyl (C=O) groups is 1. The van der Waals surface area contributed by atoms with E-state index < -0.39 is 5.97 Å². The summed E-state index contributed by atoms with van der Waals surface area (Å²) in [5.41, 5.74) is 3.25. The molecule has 0 amide bonds. The summed E-state index contributed by atoms with van der Waals surface area (Å²) in [6.45, 7) is 1.73. The zero-order valence-corrected chi connectivity index (χ0v) is 9.40. The Bertz CT molecular complexity index is 520. The van der Waals surface area contributed by atoms with Gasteiger partial charge in [-0.05, 0) is 6.92 Å². The molecule has 0 aliphatic heterocycles. The van der Waals surface area contributed by atoms with E-state index in [4.69, 9.17) is 5.11 Å². The highest BCUT2D eigenvalue weighted by Crippen LogP contribution is 2.27. The second-order valence-electron chi connectivity index (χ2n) is 3.69. The third-order valence-corrected chi connectivity index (χ3v) is 2.41. The molecule has 0 aliphatic carbocycles. The quantitative estimate of drug-likeness (QED) is 0.750. The first-order chi connectivity index (χ1) is 8.18. The smallest absolute Gasteiger partial charge is 0.322 e. The van der Waals surface area contributed by atoms with Crippen LogP contribution in [0.2, 0.25) is 0 Å². The standard InChI is InChI=1S/C12H13N3O2/c1-8-11(13-7-10(16)17)12(15-14-8)9-5-3-2-4-6-9/h2-6,13H,7H2,1H3,(H,14,15)(H,16,17). The molecule has 0 saturated heterocycles. The van der Waals surface area contributed by atoms with Gasteiger partial charge >= 0.3 is 5.97 Å². The molecule has 0 aliphatic rings. The summed E-state index contributed by atoms with van der Waals surface area (Å²) in [5.74, 6) is -0.899. The number of aromatic nitrogens is 2. The third-order valence-electron chi connectivity index (χ3n) is 2.41. The average Bonchev–Trinajstić information content (AvgIpc) is 2.69. The minimum atomic E-state index is -0.899. The first kappa shape index (κ1) is 11.2. The summed E-state index contributed by atoms with van der Waals surface area (Å²) >= 11 is 0. The molecule has 0 unspecified atom stereocenters. The van der Waals surface area contributed by atoms with Crippen LogP contribution in [0.25, 0.3) is 11.3 Å². The molecule has 1 aromatic carbocycles. The van der Waals surface area contributed by atoms with E-state index in [-0.39, 0.29) is 6.54 Å². The van der Waals surface area contributed by atoms with E-state index in [0.717, 1.165) is 22.6 Å². The maximum atomic E-state index is 10.6. The van der Waals surface area contributed by atoms with Crippen molar-refractivity contribution in [3.05, 3.63) is 36.0 Å². The van der Waals surface area contributed by atoms with Gasteiger partial charge in [0.15, 0.2) is 0 Å². The predicted molar refractivity (Wildman–Crippen MR) is 64.9 cm³/mol. The number of nitrogens with one attached hydrogen (secondary N) is 2. The lowest BCUT2D eigenvalue weighted by Gasteiger charge is -2.05. The Hall–Kier alpha value is -2.30. The van der Waals surface area contributed by atoms with Crippen molar-refractivity contribution in [3.8, 4) is 11.3 Å². The summed E-state index contributed by atoms with van der Waals surface area (Å²) < 4.78 is 0. The molecule has 0 fully saturated rings. The highest BCUT2D eigenvalue weighted by Gasteiger charge is 2.12. The second kappa shape index (κ2) is 4.69. The van der Waals surface area contributed by atoms with Crippen LogP contribution in [-0.4, -0.2) is 27.8 Å². The number of anilines is 1. The molecule has 5 nitrogen and oxygen atoms in total. The van der Waals surface area contributed by atoms with Gasteiger partial charge < -0.3 is 10.4 Å². The summed E-state index contributed by atoms with van der Waals surface area (Å²) in [7, 11) is 0. The molecular formula is C12H13N3O2. The Morgan fingerprint density at radius 2 is 2.12 bits per heavy atom. The molecule has 0 atom stereocenters. The van der Waals surface area contributed by atoms with Crippen LogP contribution in [0.5, 0.6) is 0 Å². The summed E-state index contributed by atoms with van der Waals surface area (Å²) in [6, 6.07) is 9.62. The largest absolute Gasteiger partial charge is 0.480 e. The van der Waals surface area contributed by atoms with Crippen molar-refractivity contribution in [2.24, 2.45) is 0 Å². The number of benzene rings is 1. The first-order valence-corrected chi connectivity index (χ1v) is 5.24. The highest BCUT2D eigenvalue weighted by molar-refractivity contribution is 5.80. The van der Waals surface area contributed by atoms with Crippen LogP contribution < -0.4 is 5.32 Å². The molecule has 88 valence electrons. The molecule has 17 heavy (non-hydrogen) atoms. The van der Waals surface area contributed by atoms with Crippen LogP contribution in [0.1, 0.15) is 5.69 Å². The summed E-state index contributed by atoms with van der Waals surface area (Å²) in [4.78, 5) is 10.6. The Balaban J connectivity index is 2.32. The fourth-order valence-corrected chi connectivity index (χ4v) is 1.61. The number of nitrogens with zero attached hydrogens (tertiary/aromatic N) is 1. The molecule has 3 N–H and O–H groups in total. The molecule has 0 radical (unpaired) electrons. The fourth-order valence-electron chi connectivity index (χ4n) is 1.61. The number of aryl methyl sites for hydroxylation is 1. The molecule has 1 aromatic heterocycles. The number of rotatable bonds is 4. The van der Waals surface area contributed by atoms with Gasteiger partial charge in [-0.3, -0.25) is 9.89 Å². The number of H-pyrrole nitrogens is 1. The molecule has 0 saturated carbocycles. The Morgan fingerprint density at radius 3 is 2.76 bits per heavy atom. The number of hydrogen-bond donors (Lipinski definition) is 3. The summed E-state index contributed by atoms with van der Waals surface area (Å²) in [5, 5.41) is 18.6.